The van der Waals surface area contributed by atoms with Crippen LogP contribution in [0, 0.1) is 11.8 Å². The Morgan fingerprint density at radius 1 is 0.495 bits per heavy atom. The van der Waals surface area contributed by atoms with Gasteiger partial charge in [-0.2, -0.15) is 0 Å². The average molecular weight is 1360 g/mol. The fraction of sp³-hybridized carbons (Fsp3) is 0.469. The first-order valence-corrected chi connectivity index (χ1v) is 31.3. The number of aromatic amines is 1. The van der Waals surface area contributed by atoms with E-state index in [0.29, 0.717) is 22.4 Å². The van der Waals surface area contributed by atoms with Crippen molar-refractivity contribution in [2.75, 3.05) is 6.54 Å². The van der Waals surface area contributed by atoms with E-state index in [2.05, 4.69) is 68.1 Å². The lowest BCUT2D eigenvalue weighted by Crippen LogP contribution is -2.62. The van der Waals surface area contributed by atoms with Gasteiger partial charge >= 0.3 is 11.9 Å². The third-order valence-corrected chi connectivity index (χ3v) is 15.0. The number of rotatable bonds is 39. The molecule has 22 N–H and O–H groups in total. The number of aromatic hydroxyl groups is 2. The largest absolute Gasteiger partial charge is 0.508 e. The standard InChI is InChI=1S/C64H90N16O17/c1-32(2)24-45(56(89)71-35(6)54(87)75-49(28-40-30-68-31-70-40)60(93)80-52(36(7)81)62(95)79-51(33(3)4)61(94)73-44(63(96)97)14-11-23-69-64(66)67)74-53(86)34(5)72-57(90)46(25-37-12-9-8-10-13-37)77-59(92)48(27-39-17-21-42(83)22-18-39)78-58(91)47(26-38-15-19-41(82)20-16-38)76-55(88)43(65)29-50(84)85/h8-10,12-13,15-22,30-36,43-49,51-52,81-83H,11,14,23-29,65H2,1-7H3,(H,68,70)(H,71,89)(H,72,90)(H,73,94)(H,74,86)(H,75,87)(H,76,88)(H,77,92)(H,78,91)(H,79,95)(H,80,93)(H,84,85)(H,96,97)(H4,66,67,69)/t34-,35-,36+,43-,44-,45-,46-,47-,48-,49-,51-,52-/m0/s1. The summed E-state index contributed by atoms with van der Waals surface area (Å²) in [6, 6.07) is 3.35. The molecule has 0 saturated heterocycles. The van der Waals surface area contributed by atoms with Crippen molar-refractivity contribution in [2.45, 2.75) is 172 Å². The van der Waals surface area contributed by atoms with Gasteiger partial charge in [-0.1, -0.05) is 82.3 Å². The highest BCUT2D eigenvalue weighted by atomic mass is 16.4. The third kappa shape index (κ3) is 27.3. The highest BCUT2D eigenvalue weighted by Crippen LogP contribution is 2.16. The molecule has 33 nitrogen and oxygen atoms in total. The van der Waals surface area contributed by atoms with Crippen LogP contribution in [-0.2, 0) is 83.2 Å². The number of hydrogen-bond acceptors (Lipinski definition) is 18. The van der Waals surface area contributed by atoms with Crippen LogP contribution in [0.2, 0.25) is 0 Å². The van der Waals surface area contributed by atoms with Crippen LogP contribution in [0.3, 0.4) is 0 Å². The van der Waals surface area contributed by atoms with Crippen LogP contribution < -0.4 is 70.4 Å². The smallest absolute Gasteiger partial charge is 0.326 e. The van der Waals surface area contributed by atoms with E-state index in [0.717, 1.165) is 0 Å². The Kier molecular flexibility index (Phi) is 31.3. The van der Waals surface area contributed by atoms with E-state index in [-0.39, 0.29) is 74.9 Å². The van der Waals surface area contributed by atoms with E-state index in [9.17, 15) is 83.1 Å². The van der Waals surface area contributed by atoms with Gasteiger partial charge in [-0.05, 0) is 92.8 Å². The summed E-state index contributed by atoms with van der Waals surface area (Å²) in [6.07, 6.45) is -0.572. The number of phenols is 2. The average Bonchev–Trinajstić information content (AvgIpc) is 1.46. The minimum absolute atomic E-state index is 0.00413. The lowest BCUT2D eigenvalue weighted by molar-refractivity contribution is -0.143. The van der Waals surface area contributed by atoms with E-state index >= 15 is 0 Å². The van der Waals surface area contributed by atoms with Crippen LogP contribution in [0.25, 0.3) is 0 Å². The summed E-state index contributed by atoms with van der Waals surface area (Å²) in [6.45, 7) is 10.5. The molecule has 528 valence electrons. The fourth-order valence-electron chi connectivity index (χ4n) is 9.66. The fourth-order valence-corrected chi connectivity index (χ4v) is 9.66. The lowest BCUT2D eigenvalue weighted by atomic mass is 10.0. The predicted molar refractivity (Wildman–Crippen MR) is 350 cm³/mol. The molecule has 12 atom stereocenters. The van der Waals surface area contributed by atoms with E-state index in [4.69, 9.17) is 17.2 Å². The quantitative estimate of drug-likeness (QED) is 0.0120. The third-order valence-electron chi connectivity index (χ3n) is 15.0. The first-order valence-electron chi connectivity index (χ1n) is 31.3. The van der Waals surface area contributed by atoms with Crippen molar-refractivity contribution in [2.24, 2.45) is 34.0 Å². The van der Waals surface area contributed by atoms with Crippen molar-refractivity contribution in [3.63, 3.8) is 0 Å². The molecule has 3 aromatic carbocycles. The number of aliphatic carboxylic acids is 2. The molecule has 4 aromatic rings. The molecule has 0 spiro atoms. The molecule has 0 bridgehead atoms. The number of nitrogens with one attached hydrogen (secondary N) is 11. The molecule has 0 aliphatic rings. The molecule has 0 aliphatic heterocycles. The lowest BCUT2D eigenvalue weighted by Gasteiger charge is -2.29. The van der Waals surface area contributed by atoms with Gasteiger partial charge in [-0.15, -0.1) is 0 Å². The van der Waals surface area contributed by atoms with Crippen LogP contribution in [0.5, 0.6) is 11.5 Å². The van der Waals surface area contributed by atoms with Crippen LogP contribution in [0.4, 0.5) is 0 Å². The molecule has 1 aromatic heterocycles. The predicted octanol–water partition coefficient (Wildman–Crippen LogP) is -3.00. The van der Waals surface area contributed by atoms with Gasteiger partial charge in [-0.3, -0.25) is 57.7 Å². The van der Waals surface area contributed by atoms with Gasteiger partial charge < -0.3 is 101 Å². The number of nitrogens with two attached hydrogens (primary N) is 3. The number of benzene rings is 3. The second kappa shape index (κ2) is 38.6. The van der Waals surface area contributed by atoms with Crippen LogP contribution in [0.15, 0.2) is 96.4 Å². The summed E-state index contributed by atoms with van der Waals surface area (Å²) in [7, 11) is 0. The Balaban J connectivity index is 1.52. The number of carbonyl (C=O) groups excluding carboxylic acids is 10. The zero-order valence-corrected chi connectivity index (χ0v) is 54.9. The molecule has 0 aliphatic carbocycles. The number of amides is 10. The summed E-state index contributed by atoms with van der Waals surface area (Å²) in [4.78, 5) is 174. The number of nitrogens with zero attached hydrogens (tertiary/aromatic N) is 2. The zero-order valence-electron chi connectivity index (χ0n) is 54.9. The monoisotopic (exact) mass is 1350 g/mol. The number of aliphatic imine (C=N–C) groups is 1. The second-order valence-corrected chi connectivity index (χ2v) is 24.1. The van der Waals surface area contributed by atoms with Crippen molar-refractivity contribution in [1.82, 2.24) is 63.1 Å². The van der Waals surface area contributed by atoms with Gasteiger partial charge in [-0.25, -0.2) is 9.78 Å². The van der Waals surface area contributed by atoms with Gasteiger partial charge in [0.25, 0.3) is 0 Å². The Morgan fingerprint density at radius 3 is 1.35 bits per heavy atom. The number of imidazole rings is 1. The highest BCUT2D eigenvalue weighted by Gasteiger charge is 2.37. The van der Waals surface area contributed by atoms with E-state index in [1.165, 1.54) is 81.8 Å². The van der Waals surface area contributed by atoms with Gasteiger partial charge in [0.1, 0.15) is 71.9 Å². The molecular formula is C64H90N16O17. The summed E-state index contributed by atoms with van der Waals surface area (Å²) in [5.41, 5.74) is 18.2. The molecule has 1 heterocycles. The van der Waals surface area contributed by atoms with Gasteiger partial charge in [0, 0.05) is 44.1 Å². The van der Waals surface area contributed by atoms with Crippen LogP contribution in [-0.4, -0.2) is 192 Å². The number of carboxylic acid groups (broad SMARTS) is 2. The zero-order chi connectivity index (χ0) is 72.2. The first kappa shape index (κ1) is 78.7. The number of H-pyrrole nitrogens is 1. The molecule has 33 heteroatoms. The highest BCUT2D eigenvalue weighted by molar-refractivity contribution is 5.99. The summed E-state index contributed by atoms with van der Waals surface area (Å²) in [5.74, 6) is -13.5. The van der Waals surface area contributed by atoms with Gasteiger partial charge in [0.05, 0.1) is 24.9 Å². The molecule has 10 amide bonds. The maximum absolute atomic E-state index is 14.6. The summed E-state index contributed by atoms with van der Waals surface area (Å²) in [5, 5.41) is 75.2. The molecule has 4 rings (SSSR count). The first-order chi connectivity index (χ1) is 45.7. The van der Waals surface area contributed by atoms with Crippen LogP contribution in [0.1, 0.15) is 96.5 Å². The second-order valence-electron chi connectivity index (χ2n) is 24.1. The normalized spacial score (nSPS) is 14.8. The van der Waals surface area contributed by atoms with E-state index in [1.54, 1.807) is 58.0 Å². The number of aliphatic hydroxyl groups is 1. The Hall–Kier alpha value is -10.7. The number of guanidine groups is 1. The number of aromatic nitrogens is 2. The van der Waals surface area contributed by atoms with Crippen molar-refractivity contribution >= 4 is 77.0 Å². The molecule has 0 fully saturated rings. The minimum atomic E-state index is -1.75. The number of aliphatic hydroxyl groups excluding tert-OH is 1. The van der Waals surface area contributed by atoms with Crippen molar-refractivity contribution in [1.29, 1.82) is 0 Å². The van der Waals surface area contributed by atoms with E-state index < -0.39 is 156 Å². The molecule has 0 radical (unpaired) electrons. The SMILES string of the molecule is CC(C)C[C@H](NC(=O)[C@H](C)NC(=O)[C@H](Cc1ccccc1)NC(=O)[C@H](Cc1ccc(O)cc1)NC(=O)[C@H](Cc1ccc(O)cc1)NC(=O)[C@@H](N)CC(=O)O)C(=O)N[C@@H](C)C(=O)N[C@@H](Cc1cnc[nH]1)C(=O)N[C@H](C(=O)N[C@H](C(=O)N[C@@H](CCCN=C(N)N)C(=O)O)C(C)C)[C@@H](C)O. The molecule has 0 unspecified atom stereocenters. The number of carbonyl (C=O) groups is 12. The molecule has 97 heavy (non-hydrogen) atoms. The topological polar surface area (TPSA) is 545 Å². The van der Waals surface area contributed by atoms with Crippen molar-refractivity contribution < 1.29 is 83.1 Å². The summed E-state index contributed by atoms with van der Waals surface area (Å²) >= 11 is 0. The van der Waals surface area contributed by atoms with Gasteiger partial charge in [0.2, 0.25) is 59.1 Å². The van der Waals surface area contributed by atoms with Crippen LogP contribution >= 0.6 is 0 Å². The number of hydrogen-bond donors (Lipinski definition) is 19. The number of phenolic OH excluding ortho intramolecular Hbond substituents is 2. The Morgan fingerprint density at radius 2 is 0.907 bits per heavy atom. The molecule has 0 saturated carbocycles. The van der Waals surface area contributed by atoms with Crippen molar-refractivity contribution in [3.8, 4) is 11.5 Å². The minimum Gasteiger partial charge on any atom is -0.508 e. The van der Waals surface area contributed by atoms with E-state index in [1.807, 2.05) is 0 Å². The Bertz CT molecular complexity index is 3350. The maximum Gasteiger partial charge on any atom is 0.326 e. The van der Waals surface area contributed by atoms with Gasteiger partial charge in [0.15, 0.2) is 5.96 Å². The maximum atomic E-state index is 14.6. The summed E-state index contributed by atoms with van der Waals surface area (Å²) < 4.78 is 0. The molecular weight excluding hydrogens is 1260 g/mol. The van der Waals surface area contributed by atoms with Crippen molar-refractivity contribution in [3.05, 3.63) is 114 Å². The Labute approximate surface area is 559 Å². The number of carboxylic acids is 2.